The molecule has 4 aliphatic rings. The highest BCUT2D eigenvalue weighted by Crippen LogP contribution is 2.74. The predicted octanol–water partition coefficient (Wildman–Crippen LogP) is 6.04. The fourth-order valence-electron chi connectivity index (χ4n) is 8.92. The maximum atomic E-state index is 12.5. The Labute approximate surface area is 198 Å². The number of fused-ring (bicyclic) bond motifs is 7. The molecule has 4 aliphatic carbocycles. The van der Waals surface area contributed by atoms with E-state index in [2.05, 4.69) is 40.7 Å². The average molecular weight is 452 g/mol. The Hall–Kier alpha value is -1.97. The highest BCUT2D eigenvalue weighted by molar-refractivity contribution is 5.80. The van der Waals surface area contributed by atoms with Crippen LogP contribution >= 0.6 is 0 Å². The minimum atomic E-state index is -0.417. The topological polar surface area (TPSA) is 83.6 Å². The van der Waals surface area contributed by atoms with Crippen LogP contribution in [0.4, 0.5) is 0 Å². The summed E-state index contributed by atoms with van der Waals surface area (Å²) < 4.78 is 0. The van der Waals surface area contributed by atoms with Crippen molar-refractivity contribution in [3.63, 3.8) is 0 Å². The Morgan fingerprint density at radius 1 is 1.00 bits per heavy atom. The molecule has 5 rings (SSSR count). The second kappa shape index (κ2) is 6.58. The van der Waals surface area contributed by atoms with E-state index in [1.165, 1.54) is 23.1 Å². The van der Waals surface area contributed by atoms with E-state index in [0.29, 0.717) is 5.92 Å². The fraction of sp³-hybridized carbons (Fsp3) is 0.690. The van der Waals surface area contributed by atoms with Gasteiger partial charge in [0.1, 0.15) is 0 Å². The molecule has 3 saturated carbocycles. The van der Waals surface area contributed by atoms with Crippen molar-refractivity contribution in [3.8, 4) is 11.5 Å². The quantitative estimate of drug-likeness (QED) is 0.359. The Balaban J connectivity index is 1.63. The van der Waals surface area contributed by atoms with E-state index < -0.39 is 5.41 Å². The Morgan fingerprint density at radius 3 is 2.33 bits per heavy atom. The van der Waals surface area contributed by atoms with Crippen molar-refractivity contribution >= 4 is 5.91 Å². The van der Waals surface area contributed by atoms with Gasteiger partial charge in [-0.15, -0.1) is 0 Å². The molecule has 33 heavy (non-hydrogen) atoms. The Bertz CT molecular complexity index is 1090. The molecule has 4 heteroatoms. The molecule has 1 amide bonds. The SMILES string of the molecule is Cc1c(O)c(O)cc2c1CC=C1C2(C)CCC2(C)C3CC(C)(C(N)=O)CCC3(C)CCC12C. The van der Waals surface area contributed by atoms with Crippen molar-refractivity contribution in [2.45, 2.75) is 98.3 Å². The first kappa shape index (κ1) is 22.8. The van der Waals surface area contributed by atoms with Crippen LogP contribution in [0.2, 0.25) is 0 Å². The number of phenolic OH excluding ortho intramolecular Hbond substituents is 2. The van der Waals surface area contributed by atoms with Crippen LogP contribution in [0, 0.1) is 34.5 Å². The molecule has 180 valence electrons. The lowest BCUT2D eigenvalue weighted by atomic mass is 9.34. The number of hydrogen-bond donors (Lipinski definition) is 3. The van der Waals surface area contributed by atoms with Crippen LogP contribution in [-0.2, 0) is 16.6 Å². The molecule has 0 aliphatic heterocycles. The molecule has 0 radical (unpaired) electrons. The number of carbonyl (C=O) groups is 1. The maximum Gasteiger partial charge on any atom is 0.223 e. The first-order chi connectivity index (χ1) is 15.2. The molecule has 4 N–H and O–H groups in total. The number of nitrogens with two attached hydrogens (primary N) is 1. The number of hydrogen-bond acceptors (Lipinski definition) is 3. The van der Waals surface area contributed by atoms with Crippen LogP contribution in [0.1, 0.15) is 96.3 Å². The molecule has 3 fully saturated rings. The van der Waals surface area contributed by atoms with Gasteiger partial charge in [-0.1, -0.05) is 46.3 Å². The number of primary amides is 1. The number of phenols is 2. The number of aromatic hydroxyl groups is 2. The zero-order valence-corrected chi connectivity index (χ0v) is 21.3. The fourth-order valence-corrected chi connectivity index (χ4v) is 8.92. The van der Waals surface area contributed by atoms with Gasteiger partial charge in [0.2, 0.25) is 5.91 Å². The van der Waals surface area contributed by atoms with Crippen LogP contribution in [0.15, 0.2) is 17.7 Å². The first-order valence-electron chi connectivity index (χ1n) is 12.8. The summed E-state index contributed by atoms with van der Waals surface area (Å²) in [4.78, 5) is 12.5. The summed E-state index contributed by atoms with van der Waals surface area (Å²) in [5.74, 6) is 0.324. The lowest BCUT2D eigenvalue weighted by Gasteiger charge is -2.70. The summed E-state index contributed by atoms with van der Waals surface area (Å²) in [5, 5.41) is 20.9. The third-order valence-electron chi connectivity index (χ3n) is 11.7. The summed E-state index contributed by atoms with van der Waals surface area (Å²) in [6.45, 7) is 13.8. The van der Waals surface area contributed by atoms with E-state index in [4.69, 9.17) is 5.73 Å². The van der Waals surface area contributed by atoms with Gasteiger partial charge in [-0.05, 0) is 103 Å². The van der Waals surface area contributed by atoms with E-state index in [1.807, 2.05) is 13.0 Å². The maximum absolute atomic E-state index is 12.5. The van der Waals surface area contributed by atoms with Crippen molar-refractivity contribution in [2.24, 2.45) is 33.3 Å². The molecule has 1 aromatic rings. The monoisotopic (exact) mass is 451 g/mol. The molecule has 0 heterocycles. The van der Waals surface area contributed by atoms with Crippen molar-refractivity contribution in [2.75, 3.05) is 0 Å². The third kappa shape index (κ3) is 2.67. The lowest BCUT2D eigenvalue weighted by Crippen LogP contribution is -2.63. The number of rotatable bonds is 1. The van der Waals surface area contributed by atoms with Crippen molar-refractivity contribution in [1.29, 1.82) is 0 Å². The molecule has 6 atom stereocenters. The summed E-state index contributed by atoms with van der Waals surface area (Å²) in [7, 11) is 0. The van der Waals surface area contributed by atoms with Crippen molar-refractivity contribution < 1.29 is 15.0 Å². The molecule has 0 spiro atoms. The molecular weight excluding hydrogens is 410 g/mol. The average Bonchev–Trinajstić information content (AvgIpc) is 2.75. The zero-order chi connectivity index (χ0) is 24.2. The summed E-state index contributed by atoms with van der Waals surface area (Å²) in [6, 6.07) is 1.83. The van der Waals surface area contributed by atoms with Crippen LogP contribution in [0.25, 0.3) is 0 Å². The molecule has 4 nitrogen and oxygen atoms in total. The van der Waals surface area contributed by atoms with E-state index in [1.54, 1.807) is 0 Å². The molecule has 0 aromatic heterocycles. The number of allylic oxidation sites excluding steroid dienone is 2. The molecule has 0 bridgehead atoms. The summed E-state index contributed by atoms with van der Waals surface area (Å²) in [6.07, 6.45) is 10.6. The minimum Gasteiger partial charge on any atom is -0.504 e. The number of carbonyl (C=O) groups excluding carboxylic acids is 1. The van der Waals surface area contributed by atoms with Gasteiger partial charge in [0.25, 0.3) is 0 Å². The molecular formula is C29H41NO3. The standard InChI is InChI=1S/C29H41NO3/c1-17-18-7-8-21-27(4,19(18)15-20(31)23(17)32)12-14-29(6)22-16-26(3,24(30)33)10-9-25(22,2)11-13-28(21,29)5/h8,15,22,31-32H,7,9-14,16H2,1-6H3,(H2,30,33). The zero-order valence-electron chi connectivity index (χ0n) is 21.3. The van der Waals surface area contributed by atoms with Gasteiger partial charge in [-0.2, -0.15) is 0 Å². The van der Waals surface area contributed by atoms with Gasteiger partial charge in [-0.25, -0.2) is 0 Å². The van der Waals surface area contributed by atoms with Crippen LogP contribution in [0.3, 0.4) is 0 Å². The number of amides is 1. The second-order valence-electron chi connectivity index (χ2n) is 13.1. The highest BCUT2D eigenvalue weighted by Gasteiger charge is 2.66. The van der Waals surface area contributed by atoms with Crippen LogP contribution < -0.4 is 5.73 Å². The summed E-state index contributed by atoms with van der Waals surface area (Å²) in [5.41, 5.74) is 10.4. The third-order valence-corrected chi connectivity index (χ3v) is 11.7. The highest BCUT2D eigenvalue weighted by atomic mass is 16.3. The van der Waals surface area contributed by atoms with Crippen molar-refractivity contribution in [1.82, 2.24) is 0 Å². The number of benzene rings is 1. The van der Waals surface area contributed by atoms with E-state index in [-0.39, 0.29) is 39.1 Å². The predicted molar refractivity (Wildman–Crippen MR) is 131 cm³/mol. The van der Waals surface area contributed by atoms with Crippen molar-refractivity contribution in [3.05, 3.63) is 34.4 Å². The van der Waals surface area contributed by atoms with Gasteiger partial charge >= 0.3 is 0 Å². The Kier molecular flexibility index (Phi) is 4.55. The summed E-state index contributed by atoms with van der Waals surface area (Å²) >= 11 is 0. The minimum absolute atomic E-state index is 0.00654. The van der Waals surface area contributed by atoms with Crippen LogP contribution in [0.5, 0.6) is 11.5 Å². The Morgan fingerprint density at radius 2 is 1.67 bits per heavy atom. The van der Waals surface area contributed by atoms with E-state index in [9.17, 15) is 15.0 Å². The van der Waals surface area contributed by atoms with Gasteiger partial charge in [-0.3, -0.25) is 4.79 Å². The van der Waals surface area contributed by atoms with Gasteiger partial charge in [0, 0.05) is 10.8 Å². The van der Waals surface area contributed by atoms with Gasteiger partial charge in [0.05, 0.1) is 0 Å². The smallest absolute Gasteiger partial charge is 0.223 e. The van der Waals surface area contributed by atoms with E-state index in [0.717, 1.165) is 50.5 Å². The van der Waals surface area contributed by atoms with Gasteiger partial charge in [0.15, 0.2) is 11.5 Å². The van der Waals surface area contributed by atoms with E-state index >= 15 is 0 Å². The molecule has 6 unspecified atom stereocenters. The lowest BCUT2D eigenvalue weighted by molar-refractivity contribution is -0.166. The second-order valence-corrected chi connectivity index (χ2v) is 13.1. The first-order valence-corrected chi connectivity index (χ1v) is 12.8. The molecule has 0 saturated heterocycles. The van der Waals surface area contributed by atoms with Gasteiger partial charge < -0.3 is 15.9 Å². The normalized spacial score (nSPS) is 44.1. The largest absolute Gasteiger partial charge is 0.504 e. The molecule has 1 aromatic carbocycles. The van der Waals surface area contributed by atoms with Crippen LogP contribution in [-0.4, -0.2) is 16.1 Å².